The third kappa shape index (κ3) is 2.97. The van der Waals surface area contributed by atoms with Crippen molar-refractivity contribution >= 4 is 0 Å². The molecule has 1 N–H and O–H groups in total. The van der Waals surface area contributed by atoms with Gasteiger partial charge in [-0.1, -0.05) is 25.8 Å². The predicted molar refractivity (Wildman–Crippen MR) is 74.0 cm³/mol. The van der Waals surface area contributed by atoms with Gasteiger partial charge < -0.3 is 5.32 Å². The highest BCUT2D eigenvalue weighted by Gasteiger charge is 2.30. The minimum Gasteiger partial charge on any atom is -0.313 e. The van der Waals surface area contributed by atoms with Gasteiger partial charge in [-0.05, 0) is 50.3 Å². The Kier molecular flexibility index (Phi) is 4.56. The lowest BCUT2D eigenvalue weighted by Crippen LogP contribution is -2.30. The molecule has 19 heavy (non-hydrogen) atoms. The topological polar surface area (TPSA) is 12.0 Å². The molecule has 1 nitrogen and oxygen atoms in total. The van der Waals surface area contributed by atoms with E-state index in [0.717, 1.165) is 31.6 Å². The van der Waals surface area contributed by atoms with E-state index in [1.54, 1.807) is 14.0 Å². The van der Waals surface area contributed by atoms with Crippen LogP contribution in [0.4, 0.5) is 8.78 Å². The van der Waals surface area contributed by atoms with Crippen LogP contribution in [0.3, 0.4) is 0 Å². The molecule has 0 radical (unpaired) electrons. The summed E-state index contributed by atoms with van der Waals surface area (Å²) in [4.78, 5) is 0. The van der Waals surface area contributed by atoms with Gasteiger partial charge in [0.05, 0.1) is 0 Å². The first-order valence-electron chi connectivity index (χ1n) is 7.16. The number of halogens is 2. The lowest BCUT2D eigenvalue weighted by molar-refractivity contribution is 0.231. The molecule has 1 unspecified atom stereocenters. The standard InChI is InChI=1S/C16H23F2N/c1-10-4-7-12(8-5-10)16(19-3)14-13(17)9-6-11(2)15(14)18/h6,9-10,12,16,19H,4-5,7-8H2,1-3H3. The molecule has 0 heterocycles. The zero-order valence-electron chi connectivity index (χ0n) is 12.0. The van der Waals surface area contributed by atoms with Gasteiger partial charge in [0.1, 0.15) is 11.6 Å². The van der Waals surface area contributed by atoms with Crippen molar-refractivity contribution in [2.45, 2.75) is 45.6 Å². The van der Waals surface area contributed by atoms with Crippen molar-refractivity contribution in [1.29, 1.82) is 0 Å². The van der Waals surface area contributed by atoms with Gasteiger partial charge in [-0.3, -0.25) is 0 Å². The molecule has 106 valence electrons. The molecule has 1 fully saturated rings. The molecule has 2 rings (SSSR count). The highest BCUT2D eigenvalue weighted by atomic mass is 19.1. The van der Waals surface area contributed by atoms with Crippen LogP contribution < -0.4 is 5.32 Å². The van der Waals surface area contributed by atoms with Crippen LogP contribution in [-0.4, -0.2) is 7.05 Å². The van der Waals surface area contributed by atoms with E-state index in [0.29, 0.717) is 11.5 Å². The number of nitrogens with one attached hydrogen (secondary N) is 1. The fourth-order valence-corrected chi connectivity index (χ4v) is 3.20. The monoisotopic (exact) mass is 267 g/mol. The summed E-state index contributed by atoms with van der Waals surface area (Å²) in [5.41, 5.74) is 0.739. The van der Waals surface area contributed by atoms with Gasteiger partial charge in [0.2, 0.25) is 0 Å². The van der Waals surface area contributed by atoms with Crippen LogP contribution in [0.15, 0.2) is 12.1 Å². The first-order valence-corrected chi connectivity index (χ1v) is 7.16. The molecule has 1 aromatic rings. The lowest BCUT2D eigenvalue weighted by atomic mass is 9.77. The largest absolute Gasteiger partial charge is 0.313 e. The normalized spacial score (nSPS) is 25.3. The van der Waals surface area contributed by atoms with E-state index >= 15 is 0 Å². The maximum Gasteiger partial charge on any atom is 0.133 e. The first-order chi connectivity index (χ1) is 9.04. The number of benzene rings is 1. The Bertz CT molecular complexity index is 437. The third-order valence-electron chi connectivity index (χ3n) is 4.47. The van der Waals surface area contributed by atoms with E-state index in [9.17, 15) is 8.78 Å². The van der Waals surface area contributed by atoms with Crippen molar-refractivity contribution in [3.8, 4) is 0 Å². The van der Waals surface area contributed by atoms with Gasteiger partial charge in [-0.15, -0.1) is 0 Å². The van der Waals surface area contributed by atoms with Crippen LogP contribution in [0.2, 0.25) is 0 Å². The maximum absolute atomic E-state index is 14.3. The van der Waals surface area contributed by atoms with Crippen LogP contribution in [-0.2, 0) is 0 Å². The van der Waals surface area contributed by atoms with Crippen molar-refractivity contribution < 1.29 is 8.78 Å². The fraction of sp³-hybridized carbons (Fsp3) is 0.625. The molecule has 0 bridgehead atoms. The van der Waals surface area contributed by atoms with Crippen LogP contribution in [0.5, 0.6) is 0 Å². The van der Waals surface area contributed by atoms with Crippen LogP contribution in [0.1, 0.15) is 49.8 Å². The average Bonchev–Trinajstić information content (AvgIpc) is 2.40. The Balaban J connectivity index is 2.29. The summed E-state index contributed by atoms with van der Waals surface area (Å²) in [5, 5.41) is 3.13. The zero-order chi connectivity index (χ0) is 14.0. The number of hydrogen-bond acceptors (Lipinski definition) is 1. The Morgan fingerprint density at radius 2 is 1.79 bits per heavy atom. The van der Waals surface area contributed by atoms with E-state index < -0.39 is 11.6 Å². The van der Waals surface area contributed by atoms with E-state index in [-0.39, 0.29) is 11.6 Å². The van der Waals surface area contributed by atoms with Gasteiger partial charge >= 0.3 is 0 Å². The Morgan fingerprint density at radius 1 is 1.16 bits per heavy atom. The molecular weight excluding hydrogens is 244 g/mol. The second-order valence-corrected chi connectivity index (χ2v) is 5.88. The summed E-state index contributed by atoms with van der Waals surface area (Å²) in [6.07, 6.45) is 4.38. The van der Waals surface area contributed by atoms with E-state index in [1.165, 1.54) is 12.1 Å². The molecule has 1 aliphatic carbocycles. The minimum atomic E-state index is -0.430. The second-order valence-electron chi connectivity index (χ2n) is 5.88. The summed E-state index contributed by atoms with van der Waals surface area (Å²) < 4.78 is 28.3. The predicted octanol–water partition coefficient (Wildman–Crippen LogP) is 4.36. The molecule has 0 amide bonds. The van der Waals surface area contributed by atoms with Crippen molar-refractivity contribution in [1.82, 2.24) is 5.32 Å². The SMILES string of the molecule is CNC(c1c(F)ccc(C)c1F)C1CCC(C)CC1. The van der Waals surface area contributed by atoms with E-state index in [2.05, 4.69) is 12.2 Å². The van der Waals surface area contributed by atoms with E-state index in [1.807, 2.05) is 0 Å². The summed E-state index contributed by atoms with van der Waals surface area (Å²) in [6, 6.07) is 2.67. The summed E-state index contributed by atoms with van der Waals surface area (Å²) in [5.74, 6) is 0.243. The number of hydrogen-bond donors (Lipinski definition) is 1. The van der Waals surface area contributed by atoms with E-state index in [4.69, 9.17) is 0 Å². The molecule has 0 aromatic heterocycles. The van der Waals surface area contributed by atoms with Gasteiger partial charge in [-0.2, -0.15) is 0 Å². The second kappa shape index (κ2) is 6.00. The van der Waals surface area contributed by atoms with Gasteiger partial charge in [0.15, 0.2) is 0 Å². The summed E-state index contributed by atoms with van der Waals surface area (Å²) in [7, 11) is 1.80. The highest BCUT2D eigenvalue weighted by molar-refractivity contribution is 5.29. The molecule has 1 aromatic carbocycles. The first kappa shape index (κ1) is 14.4. The van der Waals surface area contributed by atoms with Crippen LogP contribution in [0, 0.1) is 30.4 Å². The quantitative estimate of drug-likeness (QED) is 0.858. The van der Waals surface area contributed by atoms with Crippen molar-refractivity contribution in [2.75, 3.05) is 7.05 Å². The number of rotatable bonds is 3. The van der Waals surface area contributed by atoms with Gasteiger partial charge in [0.25, 0.3) is 0 Å². The lowest BCUT2D eigenvalue weighted by Gasteiger charge is -2.33. The van der Waals surface area contributed by atoms with Crippen molar-refractivity contribution in [3.63, 3.8) is 0 Å². The van der Waals surface area contributed by atoms with Gasteiger partial charge in [-0.25, -0.2) is 8.78 Å². The molecule has 0 spiro atoms. The zero-order valence-corrected chi connectivity index (χ0v) is 12.0. The Hall–Kier alpha value is -0.960. The smallest absolute Gasteiger partial charge is 0.133 e. The number of aryl methyl sites for hydroxylation is 1. The van der Waals surface area contributed by atoms with Gasteiger partial charge in [0, 0.05) is 11.6 Å². The Labute approximate surface area is 114 Å². The molecule has 1 aliphatic rings. The molecular formula is C16H23F2N. The molecule has 1 atom stereocenters. The molecule has 1 saturated carbocycles. The Morgan fingerprint density at radius 3 is 2.37 bits per heavy atom. The van der Waals surface area contributed by atoms with Crippen molar-refractivity contribution in [2.24, 2.45) is 11.8 Å². The molecule has 0 aliphatic heterocycles. The van der Waals surface area contributed by atoms with Crippen LogP contribution >= 0.6 is 0 Å². The summed E-state index contributed by atoms with van der Waals surface area (Å²) >= 11 is 0. The molecule has 0 saturated heterocycles. The minimum absolute atomic E-state index is 0.215. The third-order valence-corrected chi connectivity index (χ3v) is 4.47. The fourth-order valence-electron chi connectivity index (χ4n) is 3.20. The molecule has 3 heteroatoms. The van der Waals surface area contributed by atoms with Crippen LogP contribution in [0.25, 0.3) is 0 Å². The highest BCUT2D eigenvalue weighted by Crippen LogP contribution is 2.38. The maximum atomic E-state index is 14.3. The van der Waals surface area contributed by atoms with Crippen molar-refractivity contribution in [3.05, 3.63) is 34.9 Å². The summed E-state index contributed by atoms with van der Waals surface area (Å²) in [6.45, 7) is 3.94. The average molecular weight is 267 g/mol.